The van der Waals surface area contributed by atoms with Crippen molar-refractivity contribution in [3.05, 3.63) is 0 Å². The summed E-state index contributed by atoms with van der Waals surface area (Å²) in [5.74, 6) is 1.97. The molecule has 3 fully saturated rings. The van der Waals surface area contributed by atoms with Gasteiger partial charge in [-0.1, -0.05) is 13.8 Å². The normalized spacial score (nSPS) is 35.0. The van der Waals surface area contributed by atoms with E-state index in [4.69, 9.17) is 9.47 Å². The van der Waals surface area contributed by atoms with Gasteiger partial charge in [-0.25, -0.2) is 0 Å². The van der Waals surface area contributed by atoms with Crippen molar-refractivity contribution in [2.75, 3.05) is 45.9 Å². The largest absolute Gasteiger partial charge is 0.350 e. The van der Waals surface area contributed by atoms with Crippen molar-refractivity contribution in [3.63, 3.8) is 0 Å². The summed E-state index contributed by atoms with van der Waals surface area (Å²) in [7, 11) is 0. The second kappa shape index (κ2) is 7.28. The minimum atomic E-state index is -0.0482. The van der Waals surface area contributed by atoms with E-state index >= 15 is 0 Å². The highest BCUT2D eigenvalue weighted by Crippen LogP contribution is 2.25. The molecule has 3 aliphatic rings. The van der Waals surface area contributed by atoms with Gasteiger partial charge in [0.15, 0.2) is 6.29 Å². The van der Waals surface area contributed by atoms with Crippen molar-refractivity contribution < 1.29 is 14.3 Å². The first-order valence-corrected chi connectivity index (χ1v) is 8.85. The van der Waals surface area contributed by atoms with E-state index in [0.29, 0.717) is 43.4 Å². The molecule has 22 heavy (non-hydrogen) atoms. The molecule has 0 bridgehead atoms. The fourth-order valence-corrected chi connectivity index (χ4v) is 4.26. The van der Waals surface area contributed by atoms with Gasteiger partial charge in [-0.05, 0) is 37.6 Å². The first-order valence-electron chi connectivity index (χ1n) is 8.85. The quantitative estimate of drug-likeness (QED) is 0.794. The van der Waals surface area contributed by atoms with Crippen molar-refractivity contribution in [3.8, 4) is 0 Å². The Morgan fingerprint density at radius 3 is 2.45 bits per heavy atom. The van der Waals surface area contributed by atoms with Crippen LogP contribution >= 0.6 is 0 Å². The van der Waals surface area contributed by atoms with Crippen LogP contribution in [0, 0.1) is 17.8 Å². The number of nitrogens with zero attached hydrogens (tertiary/aromatic N) is 2. The summed E-state index contributed by atoms with van der Waals surface area (Å²) >= 11 is 0. The highest BCUT2D eigenvalue weighted by molar-refractivity contribution is 5.78. The van der Waals surface area contributed by atoms with E-state index in [2.05, 4.69) is 23.6 Å². The molecular formula is C17H30N2O3. The smallest absolute Gasteiger partial charge is 0.236 e. The van der Waals surface area contributed by atoms with Crippen LogP contribution < -0.4 is 0 Å². The first-order chi connectivity index (χ1) is 10.6. The Hall–Kier alpha value is -0.650. The monoisotopic (exact) mass is 310 g/mol. The van der Waals surface area contributed by atoms with E-state index in [1.165, 1.54) is 6.42 Å². The fourth-order valence-electron chi connectivity index (χ4n) is 4.26. The summed E-state index contributed by atoms with van der Waals surface area (Å²) < 4.78 is 11.3. The van der Waals surface area contributed by atoms with E-state index in [1.54, 1.807) is 0 Å². The van der Waals surface area contributed by atoms with Crippen molar-refractivity contribution in [2.24, 2.45) is 17.8 Å². The SMILES string of the molecule is C[C@@H]1C[C@H](C)CN(C(=O)CN2CCC[C@@H](C3OCCO3)C2)C1. The summed E-state index contributed by atoms with van der Waals surface area (Å²) in [6, 6.07) is 0. The van der Waals surface area contributed by atoms with Crippen molar-refractivity contribution in [1.82, 2.24) is 9.80 Å². The summed E-state index contributed by atoms with van der Waals surface area (Å²) in [6.07, 6.45) is 3.47. The summed E-state index contributed by atoms with van der Waals surface area (Å²) in [5, 5.41) is 0. The standard InChI is InChI=1S/C17H30N2O3/c1-13-8-14(2)10-19(9-13)16(20)12-18-5-3-4-15(11-18)17-21-6-7-22-17/h13-15,17H,3-12H2,1-2H3/t13-,14+,15-/m1/s1. The van der Waals surface area contributed by atoms with Crippen LogP contribution in [0.5, 0.6) is 0 Å². The number of carbonyl (C=O) groups excluding carboxylic acids is 1. The Kier molecular flexibility index (Phi) is 5.37. The number of amides is 1. The molecule has 3 saturated heterocycles. The average Bonchev–Trinajstić information content (AvgIpc) is 3.00. The molecule has 0 radical (unpaired) electrons. The summed E-state index contributed by atoms with van der Waals surface area (Å²) in [4.78, 5) is 17.0. The molecule has 3 heterocycles. The second-order valence-corrected chi connectivity index (χ2v) is 7.49. The van der Waals surface area contributed by atoms with Gasteiger partial charge in [0.1, 0.15) is 0 Å². The van der Waals surface area contributed by atoms with E-state index in [-0.39, 0.29) is 6.29 Å². The Balaban J connectivity index is 1.50. The lowest BCUT2D eigenvalue weighted by atomic mass is 9.92. The number of hydrogen-bond donors (Lipinski definition) is 0. The van der Waals surface area contributed by atoms with E-state index in [0.717, 1.165) is 39.0 Å². The number of ether oxygens (including phenoxy) is 2. The summed E-state index contributed by atoms with van der Waals surface area (Å²) in [5.41, 5.74) is 0. The Labute approximate surface area is 133 Å². The van der Waals surface area contributed by atoms with Crippen LogP contribution in [-0.2, 0) is 14.3 Å². The fraction of sp³-hybridized carbons (Fsp3) is 0.941. The zero-order valence-electron chi connectivity index (χ0n) is 14.0. The topological polar surface area (TPSA) is 42.0 Å². The van der Waals surface area contributed by atoms with Gasteiger partial charge in [0.05, 0.1) is 19.8 Å². The molecule has 0 saturated carbocycles. The molecule has 0 aromatic heterocycles. The van der Waals surface area contributed by atoms with Gasteiger partial charge in [0.2, 0.25) is 5.91 Å². The van der Waals surface area contributed by atoms with Crippen molar-refractivity contribution >= 4 is 5.91 Å². The predicted molar refractivity (Wildman–Crippen MR) is 84.4 cm³/mol. The van der Waals surface area contributed by atoms with Crippen molar-refractivity contribution in [2.45, 2.75) is 39.4 Å². The third-order valence-electron chi connectivity index (χ3n) is 5.15. The maximum Gasteiger partial charge on any atom is 0.236 e. The van der Waals surface area contributed by atoms with Gasteiger partial charge >= 0.3 is 0 Å². The van der Waals surface area contributed by atoms with Crippen molar-refractivity contribution in [1.29, 1.82) is 0 Å². The number of hydrogen-bond acceptors (Lipinski definition) is 4. The zero-order chi connectivity index (χ0) is 15.5. The molecule has 5 nitrogen and oxygen atoms in total. The zero-order valence-corrected chi connectivity index (χ0v) is 14.0. The molecule has 0 N–H and O–H groups in total. The number of rotatable bonds is 3. The highest BCUT2D eigenvalue weighted by Gasteiger charge is 2.33. The summed E-state index contributed by atoms with van der Waals surface area (Å²) in [6.45, 7) is 10.3. The Morgan fingerprint density at radius 1 is 1.09 bits per heavy atom. The lowest BCUT2D eigenvalue weighted by molar-refractivity contribution is -0.137. The first kappa shape index (κ1) is 16.2. The minimum absolute atomic E-state index is 0.0482. The molecule has 3 atom stereocenters. The van der Waals surface area contributed by atoms with Crippen LogP contribution in [0.25, 0.3) is 0 Å². The molecule has 1 amide bonds. The Morgan fingerprint density at radius 2 is 1.77 bits per heavy atom. The molecular weight excluding hydrogens is 280 g/mol. The van der Waals surface area contributed by atoms with Crippen LogP contribution in [0.4, 0.5) is 0 Å². The molecule has 126 valence electrons. The van der Waals surface area contributed by atoms with E-state index in [9.17, 15) is 4.79 Å². The van der Waals surface area contributed by atoms with Crippen LogP contribution in [0.2, 0.25) is 0 Å². The van der Waals surface area contributed by atoms with Gasteiger partial charge in [0, 0.05) is 25.6 Å². The second-order valence-electron chi connectivity index (χ2n) is 7.49. The van der Waals surface area contributed by atoms with Gasteiger partial charge in [-0.3, -0.25) is 9.69 Å². The lowest BCUT2D eigenvalue weighted by Gasteiger charge is -2.38. The molecule has 5 heteroatoms. The molecule has 3 aliphatic heterocycles. The van der Waals surface area contributed by atoms with Gasteiger partial charge in [-0.15, -0.1) is 0 Å². The minimum Gasteiger partial charge on any atom is -0.350 e. The molecule has 0 spiro atoms. The molecule has 3 rings (SSSR count). The van der Waals surface area contributed by atoms with E-state index < -0.39 is 0 Å². The number of likely N-dealkylation sites (tertiary alicyclic amines) is 2. The number of carbonyl (C=O) groups is 1. The third kappa shape index (κ3) is 4.00. The van der Waals surface area contributed by atoms with Gasteiger partial charge in [-0.2, -0.15) is 0 Å². The van der Waals surface area contributed by atoms with Crippen LogP contribution in [0.15, 0.2) is 0 Å². The maximum absolute atomic E-state index is 12.6. The third-order valence-corrected chi connectivity index (χ3v) is 5.15. The molecule has 0 aromatic carbocycles. The Bertz CT molecular complexity index is 374. The van der Waals surface area contributed by atoms with Crippen LogP contribution in [-0.4, -0.2) is 67.9 Å². The molecule has 0 aromatic rings. The lowest BCUT2D eigenvalue weighted by Crippen LogP contribution is -2.49. The average molecular weight is 310 g/mol. The predicted octanol–water partition coefficient (Wildman–Crippen LogP) is 1.58. The van der Waals surface area contributed by atoms with Crippen LogP contribution in [0.3, 0.4) is 0 Å². The van der Waals surface area contributed by atoms with Gasteiger partial charge in [0.25, 0.3) is 0 Å². The van der Waals surface area contributed by atoms with E-state index in [1.807, 2.05) is 0 Å². The molecule has 0 aliphatic carbocycles. The maximum atomic E-state index is 12.6. The number of piperidine rings is 2. The molecule has 0 unspecified atom stereocenters. The van der Waals surface area contributed by atoms with Gasteiger partial charge < -0.3 is 14.4 Å². The van der Waals surface area contributed by atoms with Crippen LogP contribution in [0.1, 0.15) is 33.1 Å². The highest BCUT2D eigenvalue weighted by atomic mass is 16.7.